The van der Waals surface area contributed by atoms with Gasteiger partial charge in [-0.05, 0) is 11.4 Å². The lowest BCUT2D eigenvalue weighted by Crippen LogP contribution is -2.46. The zero-order valence-corrected chi connectivity index (χ0v) is 11.3. The van der Waals surface area contributed by atoms with Crippen molar-refractivity contribution in [3.63, 3.8) is 0 Å². The molecule has 3 N–H and O–H groups in total. The summed E-state index contributed by atoms with van der Waals surface area (Å²) in [6.07, 6.45) is 1.65. The van der Waals surface area contributed by atoms with E-state index in [1.165, 1.54) is 11.3 Å². The van der Waals surface area contributed by atoms with Crippen molar-refractivity contribution in [1.29, 1.82) is 0 Å². The average molecular weight is 283 g/mol. The predicted octanol–water partition coefficient (Wildman–Crippen LogP) is -0.0106. The van der Waals surface area contributed by atoms with Gasteiger partial charge >= 0.3 is 0 Å². The molecule has 0 saturated heterocycles. The van der Waals surface area contributed by atoms with Crippen LogP contribution in [0, 0.1) is 0 Å². The van der Waals surface area contributed by atoms with Gasteiger partial charge in [-0.15, -0.1) is 17.9 Å². The van der Waals surface area contributed by atoms with Crippen molar-refractivity contribution >= 4 is 23.2 Å². The quantitative estimate of drug-likeness (QED) is 0.485. The molecule has 0 saturated carbocycles. The third kappa shape index (κ3) is 5.64. The number of rotatable bonds is 7. The summed E-state index contributed by atoms with van der Waals surface area (Å²) in [5.74, 6) is -0.694. The van der Waals surface area contributed by atoms with Crippen LogP contribution in [-0.4, -0.2) is 48.1 Å². The van der Waals surface area contributed by atoms with Crippen molar-refractivity contribution in [1.82, 2.24) is 15.8 Å². The standard InChI is InChI=1S/C12H17N3O3S/c1-2-5-15(6-7-16)9-11(17)13-14-12(18)10-4-3-8-19-10/h2-4,8,16H,1,5-7,9H2,(H,13,17)(H,14,18). The minimum atomic E-state index is -0.347. The molecule has 0 aliphatic rings. The van der Waals surface area contributed by atoms with Crippen LogP contribution in [0.2, 0.25) is 0 Å². The number of hydrazine groups is 1. The molecule has 0 aliphatic carbocycles. The van der Waals surface area contributed by atoms with Crippen LogP contribution in [0.4, 0.5) is 0 Å². The molecule has 0 fully saturated rings. The monoisotopic (exact) mass is 283 g/mol. The summed E-state index contributed by atoms with van der Waals surface area (Å²) in [5.41, 5.74) is 4.66. The normalized spacial score (nSPS) is 10.2. The van der Waals surface area contributed by atoms with Crippen molar-refractivity contribution in [2.45, 2.75) is 0 Å². The average Bonchev–Trinajstić information content (AvgIpc) is 2.90. The molecule has 6 nitrogen and oxygen atoms in total. The summed E-state index contributed by atoms with van der Waals surface area (Å²) in [5, 5.41) is 10.6. The molecule has 1 aromatic rings. The van der Waals surface area contributed by atoms with Crippen molar-refractivity contribution in [2.24, 2.45) is 0 Å². The molecule has 0 aliphatic heterocycles. The second kappa shape index (κ2) is 8.41. The summed E-state index contributed by atoms with van der Waals surface area (Å²) in [6, 6.07) is 3.43. The highest BCUT2D eigenvalue weighted by Crippen LogP contribution is 2.06. The molecular formula is C12H17N3O3S. The Balaban J connectivity index is 2.34. The van der Waals surface area contributed by atoms with E-state index in [1.54, 1.807) is 28.5 Å². The Labute approximate surface area is 115 Å². The molecule has 1 heterocycles. The van der Waals surface area contributed by atoms with Gasteiger partial charge in [0.25, 0.3) is 11.8 Å². The first-order valence-electron chi connectivity index (χ1n) is 5.74. The number of hydrogen-bond donors (Lipinski definition) is 3. The smallest absolute Gasteiger partial charge is 0.279 e. The number of amides is 2. The fourth-order valence-electron chi connectivity index (χ4n) is 1.40. The lowest BCUT2D eigenvalue weighted by atomic mass is 10.4. The Bertz CT molecular complexity index is 420. The number of thiophene rings is 1. The summed E-state index contributed by atoms with van der Waals surface area (Å²) in [4.78, 5) is 25.4. The van der Waals surface area contributed by atoms with Gasteiger partial charge in [-0.3, -0.25) is 25.3 Å². The zero-order chi connectivity index (χ0) is 14.1. The van der Waals surface area contributed by atoms with E-state index >= 15 is 0 Å². The first kappa shape index (κ1) is 15.4. The Hall–Kier alpha value is -1.70. The molecule has 0 spiro atoms. The topological polar surface area (TPSA) is 81.7 Å². The minimum Gasteiger partial charge on any atom is -0.395 e. The van der Waals surface area contributed by atoms with Crippen LogP contribution in [0.25, 0.3) is 0 Å². The van der Waals surface area contributed by atoms with Gasteiger partial charge in [-0.25, -0.2) is 0 Å². The second-order valence-electron chi connectivity index (χ2n) is 3.73. The van der Waals surface area contributed by atoms with Gasteiger partial charge in [0.2, 0.25) is 0 Å². The Morgan fingerprint density at radius 1 is 1.47 bits per heavy atom. The number of hydrogen-bond acceptors (Lipinski definition) is 5. The third-order valence-electron chi connectivity index (χ3n) is 2.23. The number of nitrogens with one attached hydrogen (secondary N) is 2. The van der Waals surface area contributed by atoms with Gasteiger partial charge in [-0.2, -0.15) is 0 Å². The highest BCUT2D eigenvalue weighted by Gasteiger charge is 2.11. The highest BCUT2D eigenvalue weighted by molar-refractivity contribution is 7.12. The zero-order valence-electron chi connectivity index (χ0n) is 10.5. The van der Waals surface area contributed by atoms with Crippen LogP contribution in [0.3, 0.4) is 0 Å². The summed E-state index contributed by atoms with van der Waals surface area (Å²) in [7, 11) is 0. The van der Waals surface area contributed by atoms with Crippen LogP contribution < -0.4 is 10.9 Å². The van der Waals surface area contributed by atoms with Crippen molar-refractivity contribution in [2.75, 3.05) is 26.2 Å². The molecule has 0 atom stereocenters. The maximum absolute atomic E-state index is 11.6. The van der Waals surface area contributed by atoms with Crippen molar-refractivity contribution in [3.8, 4) is 0 Å². The fraction of sp³-hybridized carbons (Fsp3) is 0.333. The Kier molecular flexibility index (Phi) is 6.80. The molecular weight excluding hydrogens is 266 g/mol. The van der Waals surface area contributed by atoms with Crippen molar-refractivity contribution < 1.29 is 14.7 Å². The van der Waals surface area contributed by atoms with E-state index in [0.29, 0.717) is 18.0 Å². The lowest BCUT2D eigenvalue weighted by molar-refractivity contribution is -0.123. The largest absolute Gasteiger partial charge is 0.395 e. The molecule has 7 heteroatoms. The van der Waals surface area contributed by atoms with Crippen LogP contribution in [-0.2, 0) is 4.79 Å². The molecule has 0 unspecified atom stereocenters. The lowest BCUT2D eigenvalue weighted by Gasteiger charge is -2.18. The number of carbonyl (C=O) groups is 2. The Morgan fingerprint density at radius 3 is 2.84 bits per heavy atom. The minimum absolute atomic E-state index is 0.0390. The van der Waals surface area contributed by atoms with Crippen molar-refractivity contribution in [3.05, 3.63) is 35.0 Å². The number of carbonyl (C=O) groups excluding carboxylic acids is 2. The van der Waals surface area contributed by atoms with Gasteiger partial charge in [0, 0.05) is 13.1 Å². The molecule has 104 valence electrons. The third-order valence-corrected chi connectivity index (χ3v) is 3.10. The van der Waals surface area contributed by atoms with Gasteiger partial charge in [0.1, 0.15) is 0 Å². The first-order valence-corrected chi connectivity index (χ1v) is 6.62. The second-order valence-corrected chi connectivity index (χ2v) is 4.67. The predicted molar refractivity (Wildman–Crippen MR) is 73.7 cm³/mol. The molecule has 0 bridgehead atoms. The van der Waals surface area contributed by atoms with E-state index in [1.807, 2.05) is 0 Å². The van der Waals surface area contributed by atoms with E-state index in [0.717, 1.165) is 0 Å². The van der Waals surface area contributed by atoms with Crippen LogP contribution in [0.5, 0.6) is 0 Å². The number of nitrogens with zero attached hydrogens (tertiary/aromatic N) is 1. The number of aliphatic hydroxyl groups excluding tert-OH is 1. The maximum atomic E-state index is 11.6. The summed E-state index contributed by atoms with van der Waals surface area (Å²) < 4.78 is 0. The number of aliphatic hydroxyl groups is 1. The highest BCUT2D eigenvalue weighted by atomic mass is 32.1. The molecule has 1 rings (SSSR count). The van der Waals surface area contributed by atoms with Gasteiger partial charge in [0.15, 0.2) is 0 Å². The Morgan fingerprint density at radius 2 is 2.26 bits per heavy atom. The van der Waals surface area contributed by atoms with E-state index in [2.05, 4.69) is 17.4 Å². The molecule has 19 heavy (non-hydrogen) atoms. The molecule has 1 aromatic heterocycles. The fourth-order valence-corrected chi connectivity index (χ4v) is 2.02. The van der Waals surface area contributed by atoms with Crippen LogP contribution >= 0.6 is 11.3 Å². The van der Waals surface area contributed by atoms with E-state index in [9.17, 15) is 9.59 Å². The molecule has 0 radical (unpaired) electrons. The van der Waals surface area contributed by atoms with E-state index in [4.69, 9.17) is 5.11 Å². The molecule has 2 amide bonds. The summed E-state index contributed by atoms with van der Waals surface area (Å²) in [6.45, 7) is 4.48. The van der Waals surface area contributed by atoms with Gasteiger partial charge in [-0.1, -0.05) is 12.1 Å². The van der Waals surface area contributed by atoms with Gasteiger partial charge in [0.05, 0.1) is 18.0 Å². The summed E-state index contributed by atoms with van der Waals surface area (Å²) >= 11 is 1.29. The van der Waals surface area contributed by atoms with E-state index in [-0.39, 0.29) is 25.0 Å². The van der Waals surface area contributed by atoms with Crippen LogP contribution in [0.15, 0.2) is 30.2 Å². The van der Waals surface area contributed by atoms with Crippen LogP contribution in [0.1, 0.15) is 9.67 Å². The van der Waals surface area contributed by atoms with E-state index < -0.39 is 0 Å². The SMILES string of the molecule is C=CCN(CCO)CC(=O)NNC(=O)c1cccs1. The van der Waals surface area contributed by atoms with Gasteiger partial charge < -0.3 is 5.11 Å². The maximum Gasteiger partial charge on any atom is 0.279 e. The molecule has 0 aromatic carbocycles. The first-order chi connectivity index (χ1) is 9.17.